The Morgan fingerprint density at radius 1 is 0.688 bits per heavy atom. The number of unbranched alkanes of at least 4 members (excludes halogenated alkanes) is 1. The van der Waals surface area contributed by atoms with E-state index in [0.29, 0.717) is 24.3 Å². The summed E-state index contributed by atoms with van der Waals surface area (Å²) in [6, 6.07) is 30.2. The summed E-state index contributed by atoms with van der Waals surface area (Å²) in [5, 5.41) is 12.2. The van der Waals surface area contributed by atoms with Gasteiger partial charge in [0, 0.05) is 11.8 Å². The van der Waals surface area contributed by atoms with Crippen LogP contribution in [-0.2, 0) is 19.1 Å². The van der Waals surface area contributed by atoms with Crippen LogP contribution in [-0.4, -0.2) is 66.4 Å². The number of carboxylic acids is 1. The second kappa shape index (κ2) is 14.5. The van der Waals surface area contributed by atoms with Crippen molar-refractivity contribution in [3.05, 3.63) is 119 Å². The number of aliphatic carboxylic acids is 1. The van der Waals surface area contributed by atoms with Gasteiger partial charge < -0.3 is 25.6 Å². The third kappa shape index (κ3) is 6.65. The summed E-state index contributed by atoms with van der Waals surface area (Å²) >= 11 is 0. The lowest BCUT2D eigenvalue weighted by molar-refractivity contribution is -0.144. The van der Waals surface area contributed by atoms with Gasteiger partial charge in [-0.1, -0.05) is 97.1 Å². The van der Waals surface area contributed by atoms with E-state index in [0.717, 1.165) is 44.5 Å². The zero-order valence-corrected chi connectivity index (χ0v) is 26.3. The van der Waals surface area contributed by atoms with E-state index in [-0.39, 0.29) is 31.5 Å². The first-order valence-corrected chi connectivity index (χ1v) is 16.1. The fourth-order valence-corrected chi connectivity index (χ4v) is 6.76. The van der Waals surface area contributed by atoms with E-state index in [4.69, 9.17) is 15.2 Å². The molecule has 4 N–H and O–H groups in total. The smallest absolute Gasteiger partial charge is 0.417 e. The molecule has 0 saturated heterocycles. The zero-order chi connectivity index (χ0) is 33.6. The van der Waals surface area contributed by atoms with Crippen molar-refractivity contribution < 1.29 is 33.8 Å². The number of hydrogen-bond donors (Lipinski definition) is 3. The minimum absolute atomic E-state index is 0.0226. The van der Waals surface area contributed by atoms with Crippen molar-refractivity contribution in [2.45, 2.75) is 37.1 Å². The van der Waals surface area contributed by atoms with Crippen LogP contribution in [0.1, 0.15) is 53.4 Å². The van der Waals surface area contributed by atoms with Crippen LogP contribution < -0.4 is 11.1 Å². The molecule has 0 aliphatic heterocycles. The Hall–Kier alpha value is -5.48. The zero-order valence-electron chi connectivity index (χ0n) is 26.3. The first-order valence-electron chi connectivity index (χ1n) is 16.1. The Morgan fingerprint density at radius 2 is 1.12 bits per heavy atom. The molecule has 0 radical (unpaired) electrons. The number of ether oxygens (including phenoxy) is 2. The van der Waals surface area contributed by atoms with Crippen LogP contribution in [0.15, 0.2) is 97.1 Å². The number of imide groups is 1. The number of amides is 3. The molecular weight excluding hydrogens is 610 g/mol. The monoisotopic (exact) mass is 647 g/mol. The normalized spacial score (nSPS) is 13.4. The van der Waals surface area contributed by atoms with Gasteiger partial charge in [-0.25, -0.2) is 14.5 Å². The van der Waals surface area contributed by atoms with E-state index in [1.165, 1.54) is 0 Å². The molecule has 1 atom stereocenters. The topological polar surface area (TPSA) is 148 Å². The summed E-state index contributed by atoms with van der Waals surface area (Å²) in [4.78, 5) is 52.7. The molecule has 10 heteroatoms. The molecule has 10 nitrogen and oxygen atoms in total. The van der Waals surface area contributed by atoms with E-state index >= 15 is 0 Å². The lowest BCUT2D eigenvalue weighted by atomic mass is 9.98. The van der Waals surface area contributed by atoms with Crippen LogP contribution in [0.2, 0.25) is 0 Å². The Kier molecular flexibility index (Phi) is 9.82. The van der Waals surface area contributed by atoms with Gasteiger partial charge in [0.05, 0.1) is 0 Å². The molecule has 0 aromatic heterocycles. The number of fused-ring (bicyclic) bond motifs is 6. The molecule has 4 aromatic carbocycles. The van der Waals surface area contributed by atoms with Gasteiger partial charge in [0.25, 0.3) is 5.91 Å². The number of rotatable bonds is 12. The standard InChI is InChI=1S/C38H37N3O7/c39-20-10-9-19-34(40-37(45)47-22-32-28-15-5-1-11-24(28)25-12-2-6-16-29(25)32)36(44)41(21-35(42)43)38(46)48-23-33-30-17-7-3-13-26(30)27-14-4-8-18-31(27)33/h1-8,11-18,32-34H,9-10,19-23,39H2,(H,40,45)(H,42,43)/t34-/m0/s1. The van der Waals surface area contributed by atoms with Crippen molar-refractivity contribution in [3.8, 4) is 22.3 Å². The second-order valence-corrected chi connectivity index (χ2v) is 11.9. The molecule has 2 aliphatic rings. The van der Waals surface area contributed by atoms with E-state index < -0.39 is 36.6 Å². The Labute approximate surface area is 278 Å². The maximum Gasteiger partial charge on any atom is 0.417 e. The van der Waals surface area contributed by atoms with Gasteiger partial charge in [-0.05, 0) is 70.3 Å². The number of hydrogen-bond acceptors (Lipinski definition) is 7. The first-order chi connectivity index (χ1) is 23.4. The van der Waals surface area contributed by atoms with E-state index in [2.05, 4.69) is 5.32 Å². The van der Waals surface area contributed by atoms with Crippen molar-refractivity contribution in [1.82, 2.24) is 10.2 Å². The average molecular weight is 648 g/mol. The lowest BCUT2D eigenvalue weighted by Crippen LogP contribution is -2.52. The van der Waals surface area contributed by atoms with Crippen LogP contribution in [0.4, 0.5) is 9.59 Å². The van der Waals surface area contributed by atoms with Crippen LogP contribution in [0, 0.1) is 0 Å². The summed E-state index contributed by atoms with van der Waals surface area (Å²) in [7, 11) is 0. The molecule has 0 fully saturated rings. The average Bonchev–Trinajstić information content (AvgIpc) is 3.60. The molecule has 3 amide bonds. The molecule has 2 aliphatic carbocycles. The largest absolute Gasteiger partial charge is 0.480 e. The van der Waals surface area contributed by atoms with Gasteiger partial charge in [0.15, 0.2) is 0 Å². The highest BCUT2D eigenvalue weighted by atomic mass is 16.6. The van der Waals surface area contributed by atoms with Crippen molar-refractivity contribution in [2.24, 2.45) is 5.73 Å². The minimum atomic E-state index is -1.40. The van der Waals surface area contributed by atoms with Gasteiger partial charge in [-0.3, -0.25) is 9.59 Å². The van der Waals surface area contributed by atoms with E-state index in [1.807, 2.05) is 97.1 Å². The third-order valence-corrected chi connectivity index (χ3v) is 9.00. The number of nitrogens with zero attached hydrogens (tertiary/aromatic N) is 1. The summed E-state index contributed by atoms with van der Waals surface area (Å²) in [5.41, 5.74) is 13.9. The highest BCUT2D eigenvalue weighted by Crippen LogP contribution is 2.45. The second-order valence-electron chi connectivity index (χ2n) is 11.9. The molecule has 246 valence electrons. The molecule has 0 spiro atoms. The molecular formula is C38H37N3O7. The van der Waals surface area contributed by atoms with Crippen LogP contribution in [0.3, 0.4) is 0 Å². The summed E-state index contributed by atoms with van der Waals surface area (Å²) in [6.45, 7) is -0.658. The number of carboxylic acid groups (broad SMARTS) is 1. The predicted molar refractivity (Wildman–Crippen MR) is 179 cm³/mol. The fourth-order valence-electron chi connectivity index (χ4n) is 6.76. The summed E-state index contributed by atoms with van der Waals surface area (Å²) in [6.07, 6.45) is -0.844. The summed E-state index contributed by atoms with van der Waals surface area (Å²) < 4.78 is 11.3. The maximum atomic E-state index is 13.8. The Morgan fingerprint density at radius 3 is 1.56 bits per heavy atom. The third-order valence-electron chi connectivity index (χ3n) is 9.00. The van der Waals surface area contributed by atoms with E-state index in [9.17, 15) is 24.3 Å². The van der Waals surface area contributed by atoms with Gasteiger partial charge >= 0.3 is 18.2 Å². The highest BCUT2D eigenvalue weighted by Gasteiger charge is 2.35. The van der Waals surface area contributed by atoms with Crippen LogP contribution in [0.25, 0.3) is 22.3 Å². The molecule has 0 bridgehead atoms. The van der Waals surface area contributed by atoms with Crippen molar-refractivity contribution >= 4 is 24.1 Å². The van der Waals surface area contributed by atoms with Crippen molar-refractivity contribution in [2.75, 3.05) is 26.3 Å². The Balaban J connectivity index is 1.15. The minimum Gasteiger partial charge on any atom is -0.480 e. The van der Waals surface area contributed by atoms with E-state index in [1.54, 1.807) is 0 Å². The molecule has 48 heavy (non-hydrogen) atoms. The molecule has 0 unspecified atom stereocenters. The SMILES string of the molecule is NCCCC[C@H](NC(=O)OCC1c2ccccc2-c2ccccc21)C(=O)N(CC(=O)O)C(=O)OCC1c2ccccc2-c2ccccc21. The lowest BCUT2D eigenvalue weighted by Gasteiger charge is -2.26. The van der Waals surface area contributed by atoms with Crippen molar-refractivity contribution in [3.63, 3.8) is 0 Å². The highest BCUT2D eigenvalue weighted by molar-refractivity contribution is 5.99. The number of benzene rings is 4. The maximum absolute atomic E-state index is 13.8. The number of alkyl carbamates (subject to hydrolysis) is 1. The fraction of sp³-hybridized carbons (Fsp3) is 0.263. The molecule has 0 saturated carbocycles. The Bertz CT molecular complexity index is 1750. The predicted octanol–water partition coefficient (Wildman–Crippen LogP) is 5.89. The molecule has 0 heterocycles. The first kappa shape index (κ1) is 32.5. The number of nitrogens with one attached hydrogen (secondary N) is 1. The van der Waals surface area contributed by atoms with Crippen molar-refractivity contribution in [1.29, 1.82) is 0 Å². The number of carbonyl (C=O) groups is 4. The van der Waals surface area contributed by atoms with Gasteiger partial charge in [-0.15, -0.1) is 0 Å². The van der Waals surface area contributed by atoms with Gasteiger partial charge in [0.1, 0.15) is 25.8 Å². The molecule has 6 rings (SSSR count). The quantitative estimate of drug-likeness (QED) is 0.161. The number of carbonyl (C=O) groups excluding carboxylic acids is 3. The van der Waals surface area contributed by atoms with Crippen LogP contribution in [0.5, 0.6) is 0 Å². The van der Waals surface area contributed by atoms with Gasteiger partial charge in [-0.2, -0.15) is 0 Å². The van der Waals surface area contributed by atoms with Crippen LogP contribution >= 0.6 is 0 Å². The van der Waals surface area contributed by atoms with Gasteiger partial charge in [0.2, 0.25) is 0 Å². The molecule has 4 aromatic rings. The summed E-state index contributed by atoms with van der Waals surface area (Å²) in [5.74, 6) is -2.79. The number of nitrogens with two attached hydrogens (primary N) is 1.